The van der Waals surface area contributed by atoms with E-state index < -0.39 is 0 Å². The lowest BCUT2D eigenvalue weighted by atomic mass is 9.89. The van der Waals surface area contributed by atoms with Crippen LogP contribution in [0.1, 0.15) is 63.8 Å². The van der Waals surface area contributed by atoms with Crippen molar-refractivity contribution in [3.05, 3.63) is 58.7 Å². The van der Waals surface area contributed by atoms with Gasteiger partial charge < -0.3 is 21.4 Å². The minimum absolute atomic E-state index is 0.489. The number of rotatable bonds is 18. The van der Waals surface area contributed by atoms with Gasteiger partial charge in [0.05, 0.1) is 0 Å². The topological polar surface area (TPSA) is 60.5 Å². The van der Waals surface area contributed by atoms with Crippen LogP contribution in [-0.2, 0) is 25.8 Å². The lowest BCUT2D eigenvalue weighted by Gasteiger charge is -2.19. The Hall–Kier alpha value is -2.21. The summed E-state index contributed by atoms with van der Waals surface area (Å²) in [4.78, 5) is 0. The van der Waals surface area contributed by atoms with Crippen molar-refractivity contribution in [2.75, 3.05) is 32.7 Å². The molecule has 0 radical (unpaired) electrons. The number of nitrogens with zero attached hydrogens (tertiary/aromatic N) is 1. The Morgan fingerprint density at radius 1 is 0.694 bits per heavy atom. The molecule has 2 aromatic rings. The van der Waals surface area contributed by atoms with Crippen molar-refractivity contribution < 1.29 is 0 Å². The number of benzene rings is 2. The quantitative estimate of drug-likeness (QED) is 0.131. The standard InChI is InChI=1S/C31H51N5/c1-23(2)20-33-15-12-26-8-10-29(14-17-36-32-7)30(18-26)31-19-27(22-34-21-24(3)4)9-11-28(31)13-16-35-25(5)6/h8-11,18-19,23-25,33-36H,7,12-17,20-22H2,1-6H3. The van der Waals surface area contributed by atoms with Crippen molar-refractivity contribution in [3.8, 4) is 11.1 Å². The molecule has 0 aliphatic heterocycles. The normalized spacial score (nSPS) is 11.6. The SMILES string of the molecule is C=NNCCc1ccc(CCNCC(C)C)cc1-c1cc(CNCC(C)C)ccc1CCNC(C)C. The van der Waals surface area contributed by atoms with Crippen LogP contribution in [-0.4, -0.2) is 45.5 Å². The molecule has 5 heteroatoms. The van der Waals surface area contributed by atoms with Crippen molar-refractivity contribution in [2.45, 2.75) is 73.4 Å². The molecule has 2 aromatic carbocycles. The van der Waals surface area contributed by atoms with Crippen LogP contribution in [0.3, 0.4) is 0 Å². The van der Waals surface area contributed by atoms with Gasteiger partial charge in [-0.25, -0.2) is 0 Å². The van der Waals surface area contributed by atoms with Gasteiger partial charge >= 0.3 is 0 Å². The van der Waals surface area contributed by atoms with Crippen molar-refractivity contribution in [1.82, 2.24) is 21.4 Å². The first kappa shape index (κ1) is 30.0. The number of hydrogen-bond acceptors (Lipinski definition) is 5. The minimum Gasteiger partial charge on any atom is -0.316 e. The van der Waals surface area contributed by atoms with Crippen LogP contribution in [0, 0.1) is 11.8 Å². The molecule has 0 saturated heterocycles. The van der Waals surface area contributed by atoms with Gasteiger partial charge in [-0.2, -0.15) is 5.10 Å². The minimum atomic E-state index is 0.489. The third-order valence-corrected chi connectivity index (χ3v) is 6.23. The maximum absolute atomic E-state index is 3.85. The molecule has 0 spiro atoms. The van der Waals surface area contributed by atoms with Gasteiger partial charge in [0.2, 0.25) is 0 Å². The fraction of sp³-hybridized carbons (Fsp3) is 0.581. The first-order valence-corrected chi connectivity index (χ1v) is 13.9. The highest BCUT2D eigenvalue weighted by Crippen LogP contribution is 2.30. The molecule has 0 saturated carbocycles. The highest BCUT2D eigenvalue weighted by Gasteiger charge is 2.13. The van der Waals surface area contributed by atoms with E-state index in [0.29, 0.717) is 17.9 Å². The third-order valence-electron chi connectivity index (χ3n) is 6.23. The molecule has 4 N–H and O–H groups in total. The Balaban J connectivity index is 2.39. The maximum atomic E-state index is 3.85. The first-order chi connectivity index (χ1) is 17.3. The summed E-state index contributed by atoms with van der Waals surface area (Å²) in [7, 11) is 0. The summed E-state index contributed by atoms with van der Waals surface area (Å²) in [5.74, 6) is 1.31. The molecule has 0 bridgehead atoms. The maximum Gasteiger partial charge on any atom is 0.0370 e. The summed E-state index contributed by atoms with van der Waals surface area (Å²) in [5, 5.41) is 14.7. The summed E-state index contributed by atoms with van der Waals surface area (Å²) in [5.41, 5.74) is 11.2. The van der Waals surface area contributed by atoms with E-state index in [2.05, 4.69) is 111 Å². The second-order valence-corrected chi connectivity index (χ2v) is 11.0. The van der Waals surface area contributed by atoms with Gasteiger partial charge in [0.1, 0.15) is 0 Å². The molecule has 36 heavy (non-hydrogen) atoms. The Bertz CT molecular complexity index is 904. The van der Waals surface area contributed by atoms with Gasteiger partial charge in [-0.1, -0.05) is 71.9 Å². The van der Waals surface area contributed by atoms with E-state index in [0.717, 1.165) is 58.5 Å². The molecule has 0 heterocycles. The van der Waals surface area contributed by atoms with Crippen molar-refractivity contribution in [3.63, 3.8) is 0 Å². The molecule has 0 aromatic heterocycles. The van der Waals surface area contributed by atoms with E-state index in [4.69, 9.17) is 0 Å². The summed E-state index contributed by atoms with van der Waals surface area (Å²) in [6, 6.07) is 14.6. The van der Waals surface area contributed by atoms with E-state index in [1.165, 1.54) is 33.4 Å². The molecule has 0 aliphatic rings. The van der Waals surface area contributed by atoms with E-state index in [9.17, 15) is 0 Å². The Morgan fingerprint density at radius 3 is 1.89 bits per heavy atom. The molecule has 5 nitrogen and oxygen atoms in total. The Morgan fingerprint density at radius 2 is 1.28 bits per heavy atom. The predicted molar refractivity (Wildman–Crippen MR) is 158 cm³/mol. The zero-order chi connectivity index (χ0) is 26.3. The Labute approximate surface area is 220 Å². The molecule has 0 amide bonds. The fourth-order valence-electron chi connectivity index (χ4n) is 4.34. The van der Waals surface area contributed by atoms with E-state index in [1.807, 2.05) is 0 Å². The van der Waals surface area contributed by atoms with Crippen molar-refractivity contribution in [1.29, 1.82) is 0 Å². The average molecular weight is 494 g/mol. The van der Waals surface area contributed by atoms with Gasteiger partial charge in [-0.05, 0) is 96.7 Å². The highest BCUT2D eigenvalue weighted by atomic mass is 15.3. The zero-order valence-corrected chi connectivity index (χ0v) is 23.7. The second kappa shape index (κ2) is 16.5. The summed E-state index contributed by atoms with van der Waals surface area (Å²) < 4.78 is 0. The second-order valence-electron chi connectivity index (χ2n) is 11.0. The fourth-order valence-corrected chi connectivity index (χ4v) is 4.34. The van der Waals surface area contributed by atoms with Crippen LogP contribution in [0.25, 0.3) is 11.1 Å². The number of nitrogens with one attached hydrogen (secondary N) is 4. The molecule has 2 rings (SSSR count). The van der Waals surface area contributed by atoms with Gasteiger partial charge in [0.25, 0.3) is 0 Å². The first-order valence-electron chi connectivity index (χ1n) is 13.9. The van der Waals surface area contributed by atoms with Crippen molar-refractivity contribution >= 4 is 6.72 Å². The summed E-state index contributed by atoms with van der Waals surface area (Å²) in [6.45, 7) is 22.8. The van der Waals surface area contributed by atoms with Crippen LogP contribution < -0.4 is 21.4 Å². The molecule has 0 atom stereocenters. The molecule has 200 valence electrons. The lowest BCUT2D eigenvalue weighted by molar-refractivity contribution is 0.552. The monoisotopic (exact) mass is 493 g/mol. The summed E-state index contributed by atoms with van der Waals surface area (Å²) in [6.07, 6.45) is 2.96. The molecule has 0 aliphatic carbocycles. The van der Waals surface area contributed by atoms with Gasteiger partial charge in [0, 0.05) is 25.8 Å². The third kappa shape index (κ3) is 11.2. The van der Waals surface area contributed by atoms with Crippen LogP contribution >= 0.6 is 0 Å². The number of hydrazone groups is 1. The van der Waals surface area contributed by atoms with E-state index in [-0.39, 0.29) is 0 Å². The van der Waals surface area contributed by atoms with Crippen molar-refractivity contribution in [2.24, 2.45) is 16.9 Å². The van der Waals surface area contributed by atoms with Gasteiger partial charge in [0.15, 0.2) is 0 Å². The van der Waals surface area contributed by atoms with Crippen LogP contribution in [0.4, 0.5) is 0 Å². The Kier molecular flexibility index (Phi) is 13.8. The predicted octanol–water partition coefficient (Wildman–Crippen LogP) is 5.18. The lowest BCUT2D eigenvalue weighted by Crippen LogP contribution is -2.25. The van der Waals surface area contributed by atoms with Crippen LogP contribution in [0.15, 0.2) is 41.5 Å². The van der Waals surface area contributed by atoms with E-state index >= 15 is 0 Å². The van der Waals surface area contributed by atoms with Gasteiger partial charge in [-0.3, -0.25) is 0 Å². The number of hydrogen-bond donors (Lipinski definition) is 4. The molecular weight excluding hydrogens is 442 g/mol. The van der Waals surface area contributed by atoms with Crippen LogP contribution in [0.5, 0.6) is 0 Å². The average Bonchev–Trinajstić information content (AvgIpc) is 2.82. The van der Waals surface area contributed by atoms with Crippen LogP contribution in [0.2, 0.25) is 0 Å². The molecule has 0 fully saturated rings. The molecule has 0 unspecified atom stereocenters. The largest absolute Gasteiger partial charge is 0.316 e. The summed E-state index contributed by atoms with van der Waals surface area (Å²) >= 11 is 0. The van der Waals surface area contributed by atoms with E-state index in [1.54, 1.807) is 0 Å². The smallest absolute Gasteiger partial charge is 0.0370 e. The highest BCUT2D eigenvalue weighted by molar-refractivity contribution is 5.72. The van der Waals surface area contributed by atoms with Gasteiger partial charge in [-0.15, -0.1) is 0 Å². The zero-order valence-electron chi connectivity index (χ0n) is 23.7. The molecular formula is C31H51N5.